The van der Waals surface area contributed by atoms with Gasteiger partial charge in [-0.2, -0.15) is 18.4 Å². The molecular formula is C25H27F3N4O4. The van der Waals surface area contributed by atoms with Crippen LogP contribution in [0.2, 0.25) is 0 Å². The molecule has 0 saturated carbocycles. The van der Waals surface area contributed by atoms with E-state index in [1.54, 1.807) is 12.1 Å². The summed E-state index contributed by atoms with van der Waals surface area (Å²) in [7, 11) is 0. The summed E-state index contributed by atoms with van der Waals surface area (Å²) in [6, 6.07) is 17.6. The van der Waals surface area contributed by atoms with E-state index >= 15 is 0 Å². The number of halogens is 3. The molecule has 1 saturated heterocycles. The van der Waals surface area contributed by atoms with E-state index in [1.807, 2.05) is 47.4 Å². The van der Waals surface area contributed by atoms with E-state index in [0.29, 0.717) is 12.0 Å². The van der Waals surface area contributed by atoms with Gasteiger partial charge in [0, 0.05) is 32.0 Å². The molecule has 0 aliphatic carbocycles. The van der Waals surface area contributed by atoms with Crippen molar-refractivity contribution < 1.29 is 32.7 Å². The molecule has 11 heteroatoms. The molecular weight excluding hydrogens is 477 g/mol. The largest absolute Gasteiger partial charge is 0.490 e. The first-order chi connectivity index (χ1) is 17.0. The lowest BCUT2D eigenvalue weighted by Crippen LogP contribution is -2.49. The summed E-state index contributed by atoms with van der Waals surface area (Å²) in [5.41, 5.74) is 8.52. The molecule has 0 bridgehead atoms. The molecule has 36 heavy (non-hydrogen) atoms. The van der Waals surface area contributed by atoms with Crippen LogP contribution in [0, 0.1) is 11.3 Å². The van der Waals surface area contributed by atoms with Gasteiger partial charge >= 0.3 is 12.1 Å². The monoisotopic (exact) mass is 504 g/mol. The molecule has 4 N–H and O–H groups in total. The van der Waals surface area contributed by atoms with Gasteiger partial charge in [0.05, 0.1) is 11.6 Å². The zero-order valence-corrected chi connectivity index (χ0v) is 19.4. The number of benzene rings is 2. The Labute approximate surface area is 206 Å². The van der Waals surface area contributed by atoms with Crippen LogP contribution in [0.15, 0.2) is 54.6 Å². The van der Waals surface area contributed by atoms with Gasteiger partial charge in [0.25, 0.3) is 0 Å². The second kappa shape index (κ2) is 13.3. The Bertz CT molecular complexity index is 1060. The van der Waals surface area contributed by atoms with E-state index in [9.17, 15) is 22.8 Å². The Morgan fingerprint density at radius 3 is 2.11 bits per heavy atom. The third-order valence-electron chi connectivity index (χ3n) is 5.45. The summed E-state index contributed by atoms with van der Waals surface area (Å²) in [6.45, 7) is 1.45. The number of nitrogens with two attached hydrogens (primary N) is 1. The Hall–Kier alpha value is -3.91. The highest BCUT2D eigenvalue weighted by atomic mass is 19.4. The average Bonchev–Trinajstić information content (AvgIpc) is 3.39. The number of carboxylic acids is 1. The minimum Gasteiger partial charge on any atom is -0.475 e. The zero-order chi connectivity index (χ0) is 26.7. The number of nitrogens with zero attached hydrogens (tertiary/aromatic N) is 2. The first kappa shape index (κ1) is 28.3. The highest BCUT2D eigenvalue weighted by molar-refractivity contribution is 5.88. The van der Waals surface area contributed by atoms with E-state index in [1.165, 1.54) is 0 Å². The van der Waals surface area contributed by atoms with E-state index in [-0.39, 0.29) is 18.2 Å². The number of hydrogen-bond donors (Lipinski definition) is 3. The maximum absolute atomic E-state index is 13.0. The molecule has 1 heterocycles. The van der Waals surface area contributed by atoms with Crippen LogP contribution < -0.4 is 11.1 Å². The quantitative estimate of drug-likeness (QED) is 0.530. The minimum absolute atomic E-state index is 0.0616. The fourth-order valence-electron chi connectivity index (χ4n) is 3.58. The van der Waals surface area contributed by atoms with Crippen LogP contribution in [-0.4, -0.2) is 53.1 Å². The summed E-state index contributed by atoms with van der Waals surface area (Å²) >= 11 is 0. The maximum atomic E-state index is 13.0. The highest BCUT2D eigenvalue weighted by Gasteiger charge is 2.38. The Balaban J connectivity index is 0.000000572. The van der Waals surface area contributed by atoms with Crippen molar-refractivity contribution in [1.82, 2.24) is 10.2 Å². The predicted octanol–water partition coefficient (Wildman–Crippen LogP) is 2.93. The third kappa shape index (κ3) is 9.03. The average molecular weight is 505 g/mol. The molecule has 1 aliphatic heterocycles. The maximum Gasteiger partial charge on any atom is 0.490 e. The van der Waals surface area contributed by atoms with Crippen LogP contribution in [0.3, 0.4) is 0 Å². The van der Waals surface area contributed by atoms with Crippen molar-refractivity contribution >= 4 is 17.8 Å². The van der Waals surface area contributed by atoms with Crippen molar-refractivity contribution in [2.45, 2.75) is 43.9 Å². The van der Waals surface area contributed by atoms with Gasteiger partial charge in [0.15, 0.2) is 0 Å². The van der Waals surface area contributed by atoms with Crippen LogP contribution in [-0.2, 0) is 20.8 Å². The highest BCUT2D eigenvalue weighted by Crippen LogP contribution is 2.16. The number of aliphatic carboxylic acids is 1. The van der Waals surface area contributed by atoms with E-state index < -0.39 is 24.2 Å². The topological polar surface area (TPSA) is 137 Å². The SMILES string of the molecule is N#Cc1ccc(CC(NC(=O)CC(N)c2ccccc2)C(=O)N2CCCC2)cc1.O=C(O)C(F)(F)F. The molecule has 192 valence electrons. The first-order valence-electron chi connectivity index (χ1n) is 11.2. The normalized spacial score (nSPS) is 14.6. The molecule has 2 aromatic rings. The summed E-state index contributed by atoms with van der Waals surface area (Å²) in [6.07, 6.45) is -2.61. The van der Waals surface area contributed by atoms with Gasteiger partial charge in [-0.05, 0) is 36.1 Å². The molecule has 2 atom stereocenters. The van der Waals surface area contributed by atoms with Crippen LogP contribution in [0.5, 0.6) is 0 Å². The summed E-state index contributed by atoms with van der Waals surface area (Å²) < 4.78 is 31.7. The number of amides is 2. The van der Waals surface area contributed by atoms with Crippen molar-refractivity contribution in [2.75, 3.05) is 13.1 Å². The lowest BCUT2D eigenvalue weighted by atomic mass is 10.0. The number of nitrogens with one attached hydrogen (secondary N) is 1. The lowest BCUT2D eigenvalue weighted by Gasteiger charge is -2.25. The van der Waals surface area contributed by atoms with Crippen molar-refractivity contribution in [3.8, 4) is 6.07 Å². The Kier molecular flexibility index (Phi) is 10.4. The number of carboxylic acid groups (broad SMARTS) is 1. The molecule has 0 spiro atoms. The van der Waals surface area contributed by atoms with E-state index in [2.05, 4.69) is 11.4 Å². The number of carbonyl (C=O) groups excluding carboxylic acids is 2. The number of carbonyl (C=O) groups is 3. The Morgan fingerprint density at radius 2 is 1.61 bits per heavy atom. The van der Waals surface area contributed by atoms with Gasteiger partial charge in [-0.25, -0.2) is 4.79 Å². The van der Waals surface area contributed by atoms with E-state index in [4.69, 9.17) is 20.9 Å². The van der Waals surface area contributed by atoms with Gasteiger partial charge in [-0.3, -0.25) is 9.59 Å². The molecule has 2 amide bonds. The van der Waals surface area contributed by atoms with Gasteiger partial charge in [0.2, 0.25) is 11.8 Å². The second-order valence-corrected chi connectivity index (χ2v) is 8.19. The molecule has 1 fully saturated rings. The summed E-state index contributed by atoms with van der Waals surface area (Å²) in [4.78, 5) is 36.3. The number of hydrogen-bond acceptors (Lipinski definition) is 5. The minimum atomic E-state index is -5.08. The lowest BCUT2D eigenvalue weighted by molar-refractivity contribution is -0.192. The molecule has 0 aromatic heterocycles. The number of alkyl halides is 3. The second-order valence-electron chi connectivity index (χ2n) is 8.19. The summed E-state index contributed by atoms with van der Waals surface area (Å²) in [5.74, 6) is -3.06. The van der Waals surface area contributed by atoms with Crippen molar-refractivity contribution in [2.24, 2.45) is 5.73 Å². The smallest absolute Gasteiger partial charge is 0.475 e. The molecule has 8 nitrogen and oxygen atoms in total. The molecule has 2 unspecified atom stereocenters. The molecule has 3 rings (SSSR count). The van der Waals surface area contributed by atoms with Crippen LogP contribution in [0.25, 0.3) is 0 Å². The molecule has 1 aliphatic rings. The van der Waals surface area contributed by atoms with Crippen molar-refractivity contribution in [1.29, 1.82) is 5.26 Å². The van der Waals surface area contributed by atoms with Gasteiger partial charge < -0.3 is 21.1 Å². The molecule has 0 radical (unpaired) electrons. The first-order valence-corrected chi connectivity index (χ1v) is 11.2. The zero-order valence-electron chi connectivity index (χ0n) is 19.4. The van der Waals surface area contributed by atoms with Crippen molar-refractivity contribution in [3.63, 3.8) is 0 Å². The van der Waals surface area contributed by atoms with Crippen LogP contribution in [0.4, 0.5) is 13.2 Å². The fraction of sp³-hybridized carbons (Fsp3) is 0.360. The Morgan fingerprint density at radius 1 is 1.06 bits per heavy atom. The fourth-order valence-corrected chi connectivity index (χ4v) is 3.58. The summed E-state index contributed by atoms with van der Waals surface area (Å²) in [5, 5.41) is 19.0. The van der Waals surface area contributed by atoms with E-state index in [0.717, 1.165) is 37.1 Å². The van der Waals surface area contributed by atoms with Crippen LogP contribution >= 0.6 is 0 Å². The van der Waals surface area contributed by atoms with Gasteiger partial charge in [-0.15, -0.1) is 0 Å². The standard InChI is InChI=1S/C23H26N4O2.C2HF3O2/c24-16-18-10-8-17(9-11-18)14-21(23(29)27-12-4-5-13-27)26-22(28)15-20(25)19-6-2-1-3-7-19;3-2(4,5)1(6)7/h1-3,6-11,20-21H,4-5,12-15,25H2,(H,26,28);(H,6,7). The van der Waals surface area contributed by atoms with Crippen LogP contribution in [0.1, 0.15) is 42.0 Å². The van der Waals surface area contributed by atoms with Crippen molar-refractivity contribution in [3.05, 3.63) is 71.3 Å². The third-order valence-corrected chi connectivity index (χ3v) is 5.45. The van der Waals surface area contributed by atoms with Gasteiger partial charge in [0.1, 0.15) is 6.04 Å². The number of nitriles is 1. The molecule has 2 aromatic carbocycles. The number of rotatable bonds is 7. The number of likely N-dealkylation sites (tertiary alicyclic amines) is 1. The predicted molar refractivity (Wildman–Crippen MR) is 124 cm³/mol. The van der Waals surface area contributed by atoms with Gasteiger partial charge in [-0.1, -0.05) is 42.5 Å².